The Bertz CT molecular complexity index is 758. The van der Waals surface area contributed by atoms with Gasteiger partial charge in [0.1, 0.15) is 11.4 Å². The molecule has 2 aromatic rings. The van der Waals surface area contributed by atoms with E-state index in [1.165, 1.54) is 6.42 Å². The van der Waals surface area contributed by atoms with Crippen molar-refractivity contribution >= 4 is 17.3 Å². The van der Waals surface area contributed by atoms with Gasteiger partial charge < -0.3 is 15.0 Å². The summed E-state index contributed by atoms with van der Waals surface area (Å²) in [5.41, 5.74) is 3.36. The number of carbonyl (C=O) groups excluding carboxylic acids is 1. The third kappa shape index (κ3) is 3.98. The fourth-order valence-electron chi connectivity index (χ4n) is 3.51. The highest BCUT2D eigenvalue weighted by atomic mass is 16.5. The number of nitrogens with zero attached hydrogens (tertiary/aromatic N) is 2. The molecule has 1 aliphatic heterocycles. The molecule has 1 fully saturated rings. The van der Waals surface area contributed by atoms with Gasteiger partial charge >= 0.3 is 0 Å². The van der Waals surface area contributed by atoms with Crippen LogP contribution >= 0.6 is 0 Å². The Morgan fingerprint density at radius 2 is 2.15 bits per heavy atom. The number of likely N-dealkylation sites (tertiary alicyclic amines) is 1. The van der Waals surface area contributed by atoms with E-state index in [1.807, 2.05) is 36.1 Å². The number of hydrogen-bond acceptors (Lipinski definition) is 4. The van der Waals surface area contributed by atoms with E-state index in [4.69, 9.17) is 4.74 Å². The number of methoxy groups -OCH3 is 1. The molecule has 0 aliphatic carbocycles. The zero-order chi connectivity index (χ0) is 18.5. The minimum atomic E-state index is 0.0382. The zero-order valence-corrected chi connectivity index (χ0v) is 15.8. The van der Waals surface area contributed by atoms with Crippen LogP contribution in [0.15, 0.2) is 36.5 Å². The monoisotopic (exact) mass is 353 g/mol. The summed E-state index contributed by atoms with van der Waals surface area (Å²) in [6, 6.07) is 10.0. The van der Waals surface area contributed by atoms with E-state index >= 15 is 0 Å². The first-order valence-electron chi connectivity index (χ1n) is 9.31. The predicted molar refractivity (Wildman–Crippen MR) is 104 cm³/mol. The molecule has 2 heterocycles. The maximum atomic E-state index is 12.8. The number of piperidine rings is 1. The molecule has 1 atom stereocenters. The third-order valence-corrected chi connectivity index (χ3v) is 4.98. The van der Waals surface area contributed by atoms with Gasteiger partial charge in [-0.2, -0.15) is 0 Å². The number of anilines is 2. The van der Waals surface area contributed by atoms with Gasteiger partial charge in [-0.25, -0.2) is 4.98 Å². The zero-order valence-electron chi connectivity index (χ0n) is 15.8. The molecule has 3 rings (SSSR count). The molecular formula is C21H27N3O2. The van der Waals surface area contributed by atoms with E-state index in [-0.39, 0.29) is 5.91 Å². The Morgan fingerprint density at radius 3 is 2.85 bits per heavy atom. The summed E-state index contributed by atoms with van der Waals surface area (Å²) in [6.07, 6.45) is 6.08. The minimum Gasteiger partial charge on any atom is -0.495 e. The van der Waals surface area contributed by atoms with Crippen molar-refractivity contribution in [1.29, 1.82) is 0 Å². The quantitative estimate of drug-likeness (QED) is 0.857. The number of aromatic nitrogens is 1. The van der Waals surface area contributed by atoms with Crippen molar-refractivity contribution in [2.45, 2.75) is 45.6 Å². The molecule has 1 N–H and O–H groups in total. The normalized spacial score (nSPS) is 17.0. The Hall–Kier alpha value is -2.56. The molecule has 0 bridgehead atoms. The van der Waals surface area contributed by atoms with Crippen LogP contribution in [-0.4, -0.2) is 35.5 Å². The van der Waals surface area contributed by atoms with Crippen LogP contribution in [0.1, 0.15) is 48.7 Å². The number of hydrogen-bond donors (Lipinski definition) is 1. The molecule has 1 unspecified atom stereocenters. The van der Waals surface area contributed by atoms with Crippen molar-refractivity contribution in [2.75, 3.05) is 19.0 Å². The maximum absolute atomic E-state index is 12.8. The highest BCUT2D eigenvalue weighted by molar-refractivity contribution is 5.92. The molecule has 0 saturated carbocycles. The average molecular weight is 353 g/mol. The van der Waals surface area contributed by atoms with Crippen LogP contribution in [0.5, 0.6) is 5.75 Å². The number of amides is 1. The van der Waals surface area contributed by atoms with Gasteiger partial charge in [-0.05, 0) is 62.4 Å². The van der Waals surface area contributed by atoms with Gasteiger partial charge in [0.05, 0.1) is 24.7 Å². The van der Waals surface area contributed by atoms with Crippen LogP contribution < -0.4 is 10.1 Å². The van der Waals surface area contributed by atoms with Crippen molar-refractivity contribution in [3.63, 3.8) is 0 Å². The van der Waals surface area contributed by atoms with Crippen molar-refractivity contribution in [3.05, 3.63) is 47.8 Å². The second-order valence-electron chi connectivity index (χ2n) is 6.82. The van der Waals surface area contributed by atoms with Crippen LogP contribution in [0.2, 0.25) is 0 Å². The summed E-state index contributed by atoms with van der Waals surface area (Å²) in [7, 11) is 1.65. The molecule has 1 aromatic heterocycles. The predicted octanol–water partition coefficient (Wildman–Crippen LogP) is 4.55. The first-order valence-corrected chi connectivity index (χ1v) is 9.31. The number of pyridine rings is 1. The van der Waals surface area contributed by atoms with Gasteiger partial charge in [-0.15, -0.1) is 0 Å². The smallest absolute Gasteiger partial charge is 0.272 e. The lowest BCUT2D eigenvalue weighted by molar-refractivity contribution is 0.0602. The number of aryl methyl sites for hydroxylation is 1. The second-order valence-corrected chi connectivity index (χ2v) is 6.82. The van der Waals surface area contributed by atoms with E-state index in [9.17, 15) is 4.79 Å². The summed E-state index contributed by atoms with van der Waals surface area (Å²) in [5, 5.41) is 3.32. The summed E-state index contributed by atoms with van der Waals surface area (Å²) in [5.74, 6) is 0.811. The van der Waals surface area contributed by atoms with Crippen molar-refractivity contribution < 1.29 is 9.53 Å². The average Bonchev–Trinajstić information content (AvgIpc) is 2.68. The molecule has 0 radical (unpaired) electrons. The largest absolute Gasteiger partial charge is 0.495 e. The fraction of sp³-hybridized carbons (Fsp3) is 0.429. The number of nitrogens with one attached hydrogen (secondary N) is 1. The van der Waals surface area contributed by atoms with Crippen LogP contribution in [0.3, 0.4) is 0 Å². The standard InChI is InChI=1S/C21H27N3O2/c1-4-17-7-5-6-12-24(17)21(25)18-10-9-16(14-22-18)23-19-13-15(2)8-11-20(19)26-3/h8-11,13-14,17,23H,4-7,12H2,1-3H3. The van der Waals surface area contributed by atoms with Gasteiger partial charge in [-0.1, -0.05) is 13.0 Å². The number of carbonyl (C=O) groups is 1. The van der Waals surface area contributed by atoms with Crippen LogP contribution in [0.4, 0.5) is 11.4 Å². The lowest BCUT2D eigenvalue weighted by Gasteiger charge is -2.35. The number of benzene rings is 1. The SMILES string of the molecule is CCC1CCCCN1C(=O)c1ccc(Nc2cc(C)ccc2OC)cn1. The lowest BCUT2D eigenvalue weighted by atomic mass is 9.99. The maximum Gasteiger partial charge on any atom is 0.272 e. The number of rotatable bonds is 5. The molecule has 5 heteroatoms. The Morgan fingerprint density at radius 1 is 1.31 bits per heavy atom. The molecular weight excluding hydrogens is 326 g/mol. The Balaban J connectivity index is 1.74. The molecule has 5 nitrogen and oxygen atoms in total. The van der Waals surface area contributed by atoms with Crippen LogP contribution in [-0.2, 0) is 0 Å². The van der Waals surface area contributed by atoms with E-state index in [0.29, 0.717) is 11.7 Å². The molecule has 1 saturated heterocycles. The minimum absolute atomic E-state index is 0.0382. The van der Waals surface area contributed by atoms with E-state index in [1.54, 1.807) is 19.4 Å². The Kier molecular flexibility index (Phi) is 5.76. The highest BCUT2D eigenvalue weighted by Gasteiger charge is 2.26. The summed E-state index contributed by atoms with van der Waals surface area (Å²) in [4.78, 5) is 19.2. The van der Waals surface area contributed by atoms with Crippen LogP contribution in [0, 0.1) is 6.92 Å². The first kappa shape index (κ1) is 18.2. The van der Waals surface area contributed by atoms with Crippen LogP contribution in [0.25, 0.3) is 0 Å². The first-order chi connectivity index (χ1) is 12.6. The van der Waals surface area contributed by atoms with E-state index in [2.05, 4.69) is 17.2 Å². The van der Waals surface area contributed by atoms with E-state index in [0.717, 1.165) is 48.5 Å². The molecule has 138 valence electrons. The van der Waals surface area contributed by atoms with Gasteiger partial charge in [0.25, 0.3) is 5.91 Å². The molecule has 0 spiro atoms. The van der Waals surface area contributed by atoms with Gasteiger partial charge in [0.2, 0.25) is 0 Å². The van der Waals surface area contributed by atoms with Crippen molar-refractivity contribution in [3.8, 4) is 5.75 Å². The lowest BCUT2D eigenvalue weighted by Crippen LogP contribution is -2.43. The summed E-state index contributed by atoms with van der Waals surface area (Å²) < 4.78 is 5.39. The van der Waals surface area contributed by atoms with Crippen molar-refractivity contribution in [2.24, 2.45) is 0 Å². The van der Waals surface area contributed by atoms with Gasteiger partial charge in [0, 0.05) is 12.6 Å². The molecule has 1 amide bonds. The molecule has 1 aliphatic rings. The second kappa shape index (κ2) is 8.21. The summed E-state index contributed by atoms with van der Waals surface area (Å²) >= 11 is 0. The van der Waals surface area contributed by atoms with E-state index < -0.39 is 0 Å². The third-order valence-electron chi connectivity index (χ3n) is 4.98. The van der Waals surface area contributed by atoms with Crippen molar-refractivity contribution in [1.82, 2.24) is 9.88 Å². The summed E-state index contributed by atoms with van der Waals surface area (Å²) in [6.45, 7) is 5.01. The van der Waals surface area contributed by atoms with Gasteiger partial charge in [-0.3, -0.25) is 4.79 Å². The van der Waals surface area contributed by atoms with Gasteiger partial charge in [0.15, 0.2) is 0 Å². The number of ether oxygens (including phenoxy) is 1. The molecule has 1 aromatic carbocycles. The topological polar surface area (TPSA) is 54.5 Å². The Labute approximate surface area is 155 Å². The fourth-order valence-corrected chi connectivity index (χ4v) is 3.51. The molecule has 26 heavy (non-hydrogen) atoms. The highest BCUT2D eigenvalue weighted by Crippen LogP contribution is 2.28.